The third-order valence-corrected chi connectivity index (χ3v) is 0. The molecule has 0 aromatic heterocycles. The van der Waals surface area contributed by atoms with E-state index in [-0.39, 0.29) is 5.96 Å². The normalized spacial score (nSPS) is 9.11. The third-order valence-electron chi connectivity index (χ3n) is 0. The van der Waals surface area contributed by atoms with Crippen molar-refractivity contribution >= 4 is 5.96 Å². The summed E-state index contributed by atoms with van der Waals surface area (Å²) in [5.74, 6) is -0.333. The van der Waals surface area contributed by atoms with Crippen LogP contribution in [0.1, 0.15) is 0 Å². The number of nitrogens with one attached hydrogen (secondary N) is 1. The number of guanidine groups is 1. The van der Waals surface area contributed by atoms with Crippen LogP contribution in [0, 0.1) is 5.41 Å². The van der Waals surface area contributed by atoms with Gasteiger partial charge in [0.15, 0.2) is 5.96 Å². The van der Waals surface area contributed by atoms with Crippen molar-refractivity contribution in [2.75, 3.05) is 0 Å². The molecule has 0 fully saturated rings. The Morgan fingerprint density at radius 2 is 1.33 bits per heavy atom. The van der Waals surface area contributed by atoms with Crippen LogP contribution < -0.4 is 11.5 Å². The van der Waals surface area contributed by atoms with Gasteiger partial charge in [0.05, 0.1) is 0 Å². The third kappa shape index (κ3) is 825. The van der Waals surface area contributed by atoms with Gasteiger partial charge in [-0.1, -0.05) is 0 Å². The molecule has 0 heterocycles. The van der Waals surface area contributed by atoms with Crippen molar-refractivity contribution in [3.63, 3.8) is 0 Å². The topological polar surface area (TPSA) is 150 Å². The quantitative estimate of drug-likeness (QED) is 0.173. The Hall–Kier alpha value is -0.522. The molecular weight excluding hydrogens is 214 g/mol. The zero-order valence-electron chi connectivity index (χ0n) is 4.27. The van der Waals surface area contributed by atoms with Gasteiger partial charge in [-0.3, -0.25) is 5.41 Å². The van der Waals surface area contributed by atoms with Crippen molar-refractivity contribution in [2.45, 2.75) is 0 Å². The van der Waals surface area contributed by atoms with Crippen molar-refractivity contribution < 1.29 is 31.1 Å². The van der Waals surface area contributed by atoms with Gasteiger partial charge in [-0.25, -0.2) is 0 Å². The minimum absolute atomic E-state index is 0.333. The van der Waals surface area contributed by atoms with E-state index in [4.69, 9.17) is 19.7 Å². The molecule has 0 saturated heterocycles. The molecule has 0 amide bonds. The van der Waals surface area contributed by atoms with E-state index in [1.165, 1.54) is 0 Å². The Balaban J connectivity index is 0. The maximum absolute atomic E-state index is 8.85. The number of hydrogen-bond donors (Lipinski definition) is 5. The average Bonchev–Trinajstić information content (AvgIpc) is 1.19. The number of hydrogen-bond acceptors (Lipinski definition) is 3. The summed E-state index contributed by atoms with van der Waals surface area (Å²) in [5.41, 5.74) is 8.94. The van der Waals surface area contributed by atoms with Crippen molar-refractivity contribution in [3.05, 3.63) is 0 Å². The van der Waals surface area contributed by atoms with Crippen LogP contribution in [0.5, 0.6) is 0 Å². The molecule has 0 spiro atoms. The second-order valence-electron chi connectivity index (χ2n) is 0.903. The molecule has 56 valence electrons. The van der Waals surface area contributed by atoms with E-state index >= 15 is 0 Å². The first-order valence-electron chi connectivity index (χ1n) is 1.53. The van der Waals surface area contributed by atoms with Gasteiger partial charge in [0.25, 0.3) is 0 Å². The van der Waals surface area contributed by atoms with E-state index < -0.39 is 16.7 Å². The second kappa shape index (κ2) is 4.37. The van der Waals surface area contributed by atoms with E-state index in [9.17, 15) is 0 Å². The maximum atomic E-state index is 8.85. The summed E-state index contributed by atoms with van der Waals surface area (Å²) in [5, 5.41) is 6.06. The molecule has 0 bridgehead atoms. The second-order valence-corrected chi connectivity index (χ2v) is 3.10. The molecular formula is CH7MoN3O4. The first-order valence-corrected chi connectivity index (χ1v) is 4.96. The van der Waals surface area contributed by atoms with Crippen molar-refractivity contribution in [2.24, 2.45) is 11.5 Å². The van der Waals surface area contributed by atoms with Gasteiger partial charge in [0.1, 0.15) is 0 Å². The molecule has 0 radical (unpaired) electrons. The average molecular weight is 221 g/mol. The minimum atomic E-state index is -5.52. The zero-order valence-corrected chi connectivity index (χ0v) is 6.28. The van der Waals surface area contributed by atoms with Crippen LogP contribution in [0.4, 0.5) is 0 Å². The van der Waals surface area contributed by atoms with Gasteiger partial charge in [-0.15, -0.1) is 0 Å². The fraction of sp³-hybridized carbons (Fsp3) is 0. The summed E-state index contributed by atoms with van der Waals surface area (Å²) in [4.78, 5) is 0. The summed E-state index contributed by atoms with van der Waals surface area (Å²) >= 11 is -5.52. The number of nitrogens with two attached hydrogens (primary N) is 2. The van der Waals surface area contributed by atoms with E-state index in [2.05, 4.69) is 11.5 Å². The van der Waals surface area contributed by atoms with Crippen molar-refractivity contribution in [3.8, 4) is 0 Å². The Morgan fingerprint density at radius 1 is 1.33 bits per heavy atom. The monoisotopic (exact) mass is 223 g/mol. The fourth-order valence-electron chi connectivity index (χ4n) is 0. The molecule has 0 rings (SSSR count). The van der Waals surface area contributed by atoms with E-state index in [0.717, 1.165) is 0 Å². The van der Waals surface area contributed by atoms with Gasteiger partial charge in [0, 0.05) is 0 Å². The molecule has 0 aromatic rings. The first-order chi connectivity index (χ1) is 3.73. The summed E-state index contributed by atoms with van der Waals surface area (Å²) in [7, 11) is 0. The van der Waals surface area contributed by atoms with E-state index in [0.29, 0.717) is 0 Å². The van der Waals surface area contributed by atoms with Gasteiger partial charge in [-0.2, -0.15) is 0 Å². The molecule has 8 heteroatoms. The molecule has 0 unspecified atom stereocenters. The van der Waals surface area contributed by atoms with Crippen LogP contribution in [-0.4, -0.2) is 13.5 Å². The van der Waals surface area contributed by atoms with Gasteiger partial charge in [-0.05, 0) is 0 Å². The number of rotatable bonds is 0. The van der Waals surface area contributed by atoms with Crippen LogP contribution >= 0.6 is 0 Å². The summed E-state index contributed by atoms with van der Waals surface area (Å²) in [6, 6.07) is 0. The summed E-state index contributed by atoms with van der Waals surface area (Å²) in [6.07, 6.45) is 0. The fourth-order valence-corrected chi connectivity index (χ4v) is 0. The molecule has 0 aromatic carbocycles. The Bertz CT molecular complexity index is 158. The molecule has 0 aliphatic rings. The summed E-state index contributed by atoms with van der Waals surface area (Å²) < 4.78 is 32.0. The predicted molar refractivity (Wildman–Crippen MR) is 21.9 cm³/mol. The SMILES string of the molecule is N=C(N)N.[O]=[Mo](=[O])([OH])[OH]. The van der Waals surface area contributed by atoms with Gasteiger partial charge < -0.3 is 11.5 Å². The molecule has 7 nitrogen and oxygen atoms in total. The Labute approximate surface area is 54.5 Å². The van der Waals surface area contributed by atoms with Crippen LogP contribution in [0.2, 0.25) is 0 Å². The Morgan fingerprint density at radius 3 is 1.33 bits per heavy atom. The first kappa shape index (κ1) is 11.3. The van der Waals surface area contributed by atoms with Crippen LogP contribution in [0.3, 0.4) is 0 Å². The van der Waals surface area contributed by atoms with E-state index in [1.54, 1.807) is 0 Å². The molecule has 0 aliphatic carbocycles. The van der Waals surface area contributed by atoms with Crippen molar-refractivity contribution in [1.29, 1.82) is 5.41 Å². The molecule has 7 N–H and O–H groups in total. The Kier molecular flexibility index (Phi) is 5.48. The van der Waals surface area contributed by atoms with Crippen LogP contribution in [0.15, 0.2) is 0 Å². The molecule has 0 atom stereocenters. The summed E-state index contributed by atoms with van der Waals surface area (Å²) in [6.45, 7) is 0. The van der Waals surface area contributed by atoms with Gasteiger partial charge in [0.2, 0.25) is 0 Å². The van der Waals surface area contributed by atoms with Crippen LogP contribution in [-0.2, 0) is 23.5 Å². The molecule has 9 heavy (non-hydrogen) atoms. The molecule has 0 saturated carbocycles. The van der Waals surface area contributed by atoms with Crippen molar-refractivity contribution in [1.82, 2.24) is 0 Å². The standard InChI is InChI=1S/CH5N3.Mo.2H2O.2O/c2-1(3)4;;;;;/h(H5,2,3,4);;2*1H2;;/q;+2;;;;/p-2. The van der Waals surface area contributed by atoms with Gasteiger partial charge >= 0.3 is 31.1 Å². The van der Waals surface area contributed by atoms with E-state index in [1.807, 2.05) is 0 Å². The molecule has 0 aliphatic heterocycles. The van der Waals surface area contributed by atoms with Crippen LogP contribution in [0.25, 0.3) is 0 Å². The predicted octanol–water partition coefficient (Wildman–Crippen LogP) is -2.52. The zero-order chi connectivity index (χ0) is 8.08.